The Morgan fingerprint density at radius 2 is 1.88 bits per heavy atom. The largest absolute Gasteiger partial charge is 0.303 e. The number of aryl methyl sites for hydroxylation is 1. The summed E-state index contributed by atoms with van der Waals surface area (Å²) >= 11 is 0. The summed E-state index contributed by atoms with van der Waals surface area (Å²) in [6.45, 7) is 6.27. The molecule has 0 aromatic carbocycles. The van der Waals surface area contributed by atoms with Crippen molar-refractivity contribution in [2.24, 2.45) is 5.92 Å². The van der Waals surface area contributed by atoms with Crippen LogP contribution in [0.15, 0.2) is 24.3 Å². The number of hydrazine groups is 2. The summed E-state index contributed by atoms with van der Waals surface area (Å²) in [6.07, 6.45) is 5.66. The highest BCUT2D eigenvalue weighted by Crippen LogP contribution is 2.19. The Morgan fingerprint density at radius 1 is 1.25 bits per heavy atom. The van der Waals surface area contributed by atoms with Crippen LogP contribution in [0.2, 0.25) is 0 Å². The molecular formula is C11H17N5. The second-order valence-corrected chi connectivity index (χ2v) is 4.28. The topological polar surface area (TPSA) is 44.3 Å². The third-order valence-electron chi connectivity index (χ3n) is 2.47. The minimum atomic E-state index is 0.456. The average molecular weight is 219 g/mol. The maximum Gasteiger partial charge on any atom is 0.245 e. The molecule has 0 amide bonds. The summed E-state index contributed by atoms with van der Waals surface area (Å²) in [5, 5.41) is 3.77. The maximum atomic E-state index is 4.29. The molecule has 0 bridgehead atoms. The van der Waals surface area contributed by atoms with Crippen LogP contribution >= 0.6 is 0 Å². The van der Waals surface area contributed by atoms with Crippen LogP contribution in [-0.4, -0.2) is 22.1 Å². The lowest BCUT2D eigenvalue weighted by molar-refractivity contribution is 0.281. The molecule has 0 spiro atoms. The summed E-state index contributed by atoms with van der Waals surface area (Å²) in [5.41, 5.74) is 5.48. The zero-order valence-electron chi connectivity index (χ0n) is 10.1. The normalized spacial score (nSPS) is 16.6. The summed E-state index contributed by atoms with van der Waals surface area (Å²) < 4.78 is 0. The van der Waals surface area contributed by atoms with Gasteiger partial charge in [-0.1, -0.05) is 13.8 Å². The Kier molecular flexibility index (Phi) is 2.78. The number of hydrogen-bond acceptors (Lipinski definition) is 5. The highest BCUT2D eigenvalue weighted by Gasteiger charge is 2.22. The van der Waals surface area contributed by atoms with Crippen LogP contribution in [0.1, 0.15) is 19.4 Å². The fourth-order valence-electron chi connectivity index (χ4n) is 1.46. The van der Waals surface area contributed by atoms with E-state index in [0.29, 0.717) is 11.9 Å². The van der Waals surface area contributed by atoms with E-state index < -0.39 is 0 Å². The smallest absolute Gasteiger partial charge is 0.245 e. The van der Waals surface area contributed by atoms with E-state index in [9.17, 15) is 0 Å². The Morgan fingerprint density at radius 3 is 2.38 bits per heavy atom. The first-order valence-corrected chi connectivity index (χ1v) is 5.38. The lowest BCUT2D eigenvalue weighted by Gasteiger charge is -2.22. The Labute approximate surface area is 95.7 Å². The molecule has 0 saturated carbocycles. The zero-order valence-corrected chi connectivity index (χ0v) is 10.1. The Balaban J connectivity index is 2.24. The van der Waals surface area contributed by atoms with Crippen LogP contribution in [0, 0.1) is 12.8 Å². The van der Waals surface area contributed by atoms with Gasteiger partial charge in [0.1, 0.15) is 0 Å². The Bertz CT molecular complexity index is 395. The lowest BCUT2D eigenvalue weighted by Crippen LogP contribution is -2.40. The van der Waals surface area contributed by atoms with E-state index in [0.717, 1.165) is 11.3 Å². The zero-order chi connectivity index (χ0) is 11.7. The van der Waals surface area contributed by atoms with E-state index in [2.05, 4.69) is 29.2 Å². The van der Waals surface area contributed by atoms with Crippen molar-refractivity contribution < 1.29 is 0 Å². The number of aromatic nitrogens is 2. The van der Waals surface area contributed by atoms with Crippen LogP contribution in [0.5, 0.6) is 0 Å². The SMILES string of the molecule is Cc1cnc(N2C=C(C(C)C)NN2C)nc1. The van der Waals surface area contributed by atoms with Crippen molar-refractivity contribution in [3.63, 3.8) is 0 Å². The van der Waals surface area contributed by atoms with Crippen molar-refractivity contribution >= 4 is 5.95 Å². The third kappa shape index (κ3) is 1.99. The molecule has 16 heavy (non-hydrogen) atoms. The van der Waals surface area contributed by atoms with Crippen LogP contribution in [0.4, 0.5) is 5.95 Å². The number of anilines is 1. The van der Waals surface area contributed by atoms with Crippen molar-refractivity contribution in [2.75, 3.05) is 12.1 Å². The van der Waals surface area contributed by atoms with E-state index >= 15 is 0 Å². The van der Waals surface area contributed by atoms with Gasteiger partial charge < -0.3 is 5.43 Å². The number of nitrogens with zero attached hydrogens (tertiary/aromatic N) is 4. The average Bonchev–Trinajstić information content (AvgIpc) is 2.62. The van der Waals surface area contributed by atoms with E-state index in [-0.39, 0.29) is 0 Å². The van der Waals surface area contributed by atoms with Gasteiger partial charge in [0.2, 0.25) is 5.95 Å². The summed E-state index contributed by atoms with van der Waals surface area (Å²) in [7, 11) is 1.94. The number of hydrogen-bond donors (Lipinski definition) is 1. The predicted molar refractivity (Wildman–Crippen MR) is 63.1 cm³/mol. The minimum Gasteiger partial charge on any atom is -0.303 e. The van der Waals surface area contributed by atoms with E-state index in [1.807, 2.05) is 42.7 Å². The minimum absolute atomic E-state index is 0.456. The molecule has 5 nitrogen and oxygen atoms in total. The second-order valence-electron chi connectivity index (χ2n) is 4.28. The summed E-state index contributed by atoms with van der Waals surface area (Å²) in [5.74, 6) is 1.13. The van der Waals surface area contributed by atoms with Gasteiger partial charge in [0.15, 0.2) is 0 Å². The monoisotopic (exact) mass is 219 g/mol. The molecule has 1 aliphatic rings. The molecule has 86 valence electrons. The Hall–Kier alpha value is -1.62. The molecule has 0 atom stereocenters. The van der Waals surface area contributed by atoms with Gasteiger partial charge in [-0.2, -0.15) is 0 Å². The van der Waals surface area contributed by atoms with Crippen LogP contribution in [0.25, 0.3) is 0 Å². The van der Waals surface area contributed by atoms with E-state index in [1.165, 1.54) is 0 Å². The van der Waals surface area contributed by atoms with Gasteiger partial charge in [-0.3, -0.25) is 0 Å². The van der Waals surface area contributed by atoms with Crippen molar-refractivity contribution in [3.05, 3.63) is 29.9 Å². The van der Waals surface area contributed by atoms with E-state index in [4.69, 9.17) is 0 Å². The van der Waals surface area contributed by atoms with Crippen LogP contribution in [0.3, 0.4) is 0 Å². The van der Waals surface area contributed by atoms with Crippen molar-refractivity contribution in [1.29, 1.82) is 0 Å². The fraction of sp³-hybridized carbons (Fsp3) is 0.455. The number of allylic oxidation sites excluding steroid dienone is 1. The standard InChI is InChI=1S/C11H17N5/c1-8(2)10-7-16(15(4)14-10)11-12-5-9(3)6-13-11/h5-8,14H,1-4H3. The number of rotatable bonds is 2. The van der Waals surface area contributed by atoms with Crippen LogP contribution in [-0.2, 0) is 0 Å². The second kappa shape index (κ2) is 4.09. The predicted octanol–water partition coefficient (Wildman–Crippen LogP) is 1.45. The van der Waals surface area contributed by atoms with Gasteiger partial charge in [-0.05, 0) is 18.4 Å². The van der Waals surface area contributed by atoms with Gasteiger partial charge in [-0.25, -0.2) is 15.0 Å². The molecule has 0 radical (unpaired) electrons. The third-order valence-corrected chi connectivity index (χ3v) is 2.47. The van der Waals surface area contributed by atoms with Gasteiger partial charge in [0, 0.05) is 31.3 Å². The first kappa shape index (κ1) is 10.9. The maximum absolute atomic E-state index is 4.29. The molecule has 0 fully saturated rings. The van der Waals surface area contributed by atoms with Crippen molar-refractivity contribution in [2.45, 2.75) is 20.8 Å². The molecule has 1 aromatic heterocycles. The first-order chi connectivity index (χ1) is 7.58. The lowest BCUT2D eigenvalue weighted by atomic mass is 10.2. The highest BCUT2D eigenvalue weighted by atomic mass is 15.8. The molecule has 2 rings (SSSR count). The quantitative estimate of drug-likeness (QED) is 0.815. The molecule has 1 aliphatic heterocycles. The molecule has 1 aromatic rings. The molecule has 0 unspecified atom stereocenters. The van der Waals surface area contributed by atoms with Gasteiger partial charge in [0.25, 0.3) is 0 Å². The highest BCUT2D eigenvalue weighted by molar-refractivity contribution is 5.36. The fourth-order valence-corrected chi connectivity index (χ4v) is 1.46. The van der Waals surface area contributed by atoms with Gasteiger partial charge >= 0.3 is 0 Å². The summed E-state index contributed by atoms with van der Waals surface area (Å²) in [4.78, 5) is 8.59. The molecule has 0 saturated heterocycles. The number of nitrogens with one attached hydrogen (secondary N) is 1. The molecule has 0 aliphatic carbocycles. The molecule has 2 heterocycles. The van der Waals surface area contributed by atoms with E-state index in [1.54, 1.807) is 0 Å². The first-order valence-electron chi connectivity index (χ1n) is 5.38. The summed E-state index contributed by atoms with van der Waals surface area (Å²) in [6, 6.07) is 0. The van der Waals surface area contributed by atoms with Crippen LogP contribution < -0.4 is 10.4 Å². The van der Waals surface area contributed by atoms with Crippen molar-refractivity contribution in [1.82, 2.24) is 20.5 Å². The van der Waals surface area contributed by atoms with Gasteiger partial charge in [-0.15, -0.1) is 5.12 Å². The molecule has 5 heteroatoms. The molecular weight excluding hydrogens is 202 g/mol. The van der Waals surface area contributed by atoms with Gasteiger partial charge in [0.05, 0.1) is 0 Å². The molecule has 1 N–H and O–H groups in total. The van der Waals surface area contributed by atoms with Crippen molar-refractivity contribution in [3.8, 4) is 0 Å².